The lowest BCUT2D eigenvalue weighted by Gasteiger charge is -2.30. The van der Waals surface area contributed by atoms with Crippen molar-refractivity contribution in [3.8, 4) is 0 Å². The largest absolute Gasteiger partial charge is 0.345 e. The Morgan fingerprint density at radius 3 is 2.45 bits per heavy atom. The molecule has 0 saturated heterocycles. The van der Waals surface area contributed by atoms with Crippen molar-refractivity contribution >= 4 is 34.8 Å². The Morgan fingerprint density at radius 2 is 2.00 bits per heavy atom. The highest BCUT2D eigenvalue weighted by molar-refractivity contribution is 6.34. The Kier molecular flexibility index (Phi) is 5.77. The second-order valence-corrected chi connectivity index (χ2v) is 5.14. The number of hydrogen-bond donors (Lipinski definition) is 1. The third-order valence-corrected chi connectivity index (χ3v) is 4.23. The van der Waals surface area contributed by atoms with Crippen molar-refractivity contribution in [1.82, 2.24) is 5.32 Å². The van der Waals surface area contributed by atoms with Crippen molar-refractivity contribution in [3.05, 3.63) is 38.9 Å². The molecule has 0 radical (unpaired) electrons. The molecule has 1 aromatic carbocycles. The molecule has 7 heteroatoms. The highest BCUT2D eigenvalue weighted by atomic mass is 35.5. The molecule has 0 aliphatic heterocycles. The lowest BCUT2D eigenvalue weighted by atomic mass is 9.94. The molecule has 0 atom stereocenters. The van der Waals surface area contributed by atoms with Crippen LogP contribution in [0.5, 0.6) is 0 Å². The summed E-state index contributed by atoms with van der Waals surface area (Å²) in [5.41, 5.74) is -1.03. The van der Waals surface area contributed by atoms with E-state index < -0.39 is 16.4 Å². The summed E-state index contributed by atoms with van der Waals surface area (Å²) in [6.45, 7) is 3.79. The predicted octanol–water partition coefficient (Wildman–Crippen LogP) is 3.78. The summed E-state index contributed by atoms with van der Waals surface area (Å²) in [6.07, 6.45) is 1.24. The molecule has 5 nitrogen and oxygen atoms in total. The Morgan fingerprint density at radius 1 is 1.40 bits per heavy atom. The van der Waals surface area contributed by atoms with Crippen molar-refractivity contribution in [1.29, 1.82) is 0 Å². The molecular weight excluding hydrogens is 303 g/mol. The molecular formula is C13H16Cl2N2O3. The summed E-state index contributed by atoms with van der Waals surface area (Å²) >= 11 is 11.8. The van der Waals surface area contributed by atoms with Gasteiger partial charge < -0.3 is 5.32 Å². The molecule has 1 amide bonds. The van der Waals surface area contributed by atoms with Gasteiger partial charge in [0.2, 0.25) is 0 Å². The molecule has 0 heterocycles. The molecule has 0 unspecified atom stereocenters. The van der Waals surface area contributed by atoms with E-state index in [0.717, 1.165) is 0 Å². The number of nitrogens with zero attached hydrogens (tertiary/aromatic N) is 1. The number of carbonyl (C=O) groups excluding carboxylic acids is 1. The Bertz CT molecular complexity index is 508. The molecule has 1 N–H and O–H groups in total. The van der Waals surface area contributed by atoms with Gasteiger partial charge in [-0.15, -0.1) is 11.6 Å². The Balaban J connectivity index is 3.19. The average molecular weight is 319 g/mol. The zero-order chi connectivity index (χ0) is 15.3. The summed E-state index contributed by atoms with van der Waals surface area (Å²) in [4.78, 5) is 22.7. The van der Waals surface area contributed by atoms with Crippen molar-refractivity contribution in [2.45, 2.75) is 32.2 Å². The van der Waals surface area contributed by atoms with Crippen LogP contribution in [0.15, 0.2) is 18.2 Å². The van der Waals surface area contributed by atoms with Gasteiger partial charge in [-0.2, -0.15) is 0 Å². The molecule has 0 aliphatic rings. The molecule has 110 valence electrons. The third-order valence-electron chi connectivity index (χ3n) is 3.40. The van der Waals surface area contributed by atoms with Crippen molar-refractivity contribution in [3.63, 3.8) is 0 Å². The second kappa shape index (κ2) is 6.90. The monoisotopic (exact) mass is 318 g/mol. The van der Waals surface area contributed by atoms with Crippen LogP contribution in [0.3, 0.4) is 0 Å². The first-order chi connectivity index (χ1) is 9.40. The van der Waals surface area contributed by atoms with Gasteiger partial charge in [-0.1, -0.05) is 31.5 Å². The van der Waals surface area contributed by atoms with E-state index in [1.807, 2.05) is 13.8 Å². The van der Waals surface area contributed by atoms with Gasteiger partial charge in [0.1, 0.15) is 5.56 Å². The summed E-state index contributed by atoms with van der Waals surface area (Å²) in [6, 6.07) is 4.14. The quantitative estimate of drug-likeness (QED) is 0.493. The molecule has 0 aliphatic carbocycles. The van der Waals surface area contributed by atoms with Crippen LogP contribution in [-0.2, 0) is 0 Å². The van der Waals surface area contributed by atoms with E-state index in [0.29, 0.717) is 12.8 Å². The lowest BCUT2D eigenvalue weighted by Crippen LogP contribution is -2.49. The number of rotatable bonds is 6. The second-order valence-electron chi connectivity index (χ2n) is 4.47. The summed E-state index contributed by atoms with van der Waals surface area (Å²) < 4.78 is 0. The molecule has 1 aromatic rings. The Labute approximate surface area is 127 Å². The van der Waals surface area contributed by atoms with Crippen LogP contribution in [-0.4, -0.2) is 22.2 Å². The standard InChI is InChI=1S/C13H16Cl2N2O3/c1-3-13(4-2,8-14)16-12(18)11-9(15)6-5-7-10(11)17(19)20/h5-7H,3-4,8H2,1-2H3,(H,16,18). The number of nitro benzene ring substituents is 1. The zero-order valence-corrected chi connectivity index (χ0v) is 12.8. The van der Waals surface area contributed by atoms with Gasteiger partial charge in [-0.3, -0.25) is 14.9 Å². The van der Waals surface area contributed by atoms with Crippen LogP contribution in [0.25, 0.3) is 0 Å². The molecule has 0 saturated carbocycles. The van der Waals surface area contributed by atoms with Crippen LogP contribution in [0.4, 0.5) is 5.69 Å². The molecule has 0 fully saturated rings. The van der Waals surface area contributed by atoms with Crippen LogP contribution in [0.2, 0.25) is 5.02 Å². The number of halogens is 2. The van der Waals surface area contributed by atoms with E-state index in [-0.39, 0.29) is 22.2 Å². The minimum Gasteiger partial charge on any atom is -0.345 e. The van der Waals surface area contributed by atoms with E-state index >= 15 is 0 Å². The van der Waals surface area contributed by atoms with Crippen LogP contribution in [0.1, 0.15) is 37.0 Å². The average Bonchev–Trinajstić information content (AvgIpc) is 2.44. The zero-order valence-electron chi connectivity index (χ0n) is 11.3. The van der Waals surface area contributed by atoms with E-state index in [4.69, 9.17) is 23.2 Å². The normalized spacial score (nSPS) is 11.2. The van der Waals surface area contributed by atoms with Gasteiger partial charge in [-0.05, 0) is 18.9 Å². The minimum atomic E-state index is -0.624. The summed E-state index contributed by atoms with van der Waals surface area (Å²) in [5.74, 6) is -0.351. The molecule has 0 bridgehead atoms. The topological polar surface area (TPSA) is 72.2 Å². The van der Waals surface area contributed by atoms with E-state index in [9.17, 15) is 14.9 Å². The van der Waals surface area contributed by atoms with Gasteiger partial charge >= 0.3 is 0 Å². The number of benzene rings is 1. The van der Waals surface area contributed by atoms with Crippen LogP contribution < -0.4 is 5.32 Å². The smallest absolute Gasteiger partial charge is 0.283 e. The predicted molar refractivity (Wildman–Crippen MR) is 79.6 cm³/mol. The molecule has 1 rings (SSSR count). The minimum absolute atomic E-state index is 0.0485. The van der Waals surface area contributed by atoms with Gasteiger partial charge in [0.15, 0.2) is 0 Å². The summed E-state index contributed by atoms with van der Waals surface area (Å²) in [7, 11) is 0. The van der Waals surface area contributed by atoms with Crippen LogP contribution >= 0.6 is 23.2 Å². The number of nitro groups is 1. The Hall–Kier alpha value is -1.33. The fourth-order valence-electron chi connectivity index (χ4n) is 1.84. The van der Waals surface area contributed by atoms with E-state index in [2.05, 4.69) is 5.32 Å². The first-order valence-corrected chi connectivity index (χ1v) is 7.13. The number of carbonyl (C=O) groups is 1. The molecule has 0 aromatic heterocycles. The van der Waals surface area contributed by atoms with E-state index in [1.54, 1.807) is 0 Å². The first kappa shape index (κ1) is 16.7. The van der Waals surface area contributed by atoms with Gasteiger partial charge in [0.05, 0.1) is 15.5 Å². The SMILES string of the molecule is CCC(CC)(CCl)NC(=O)c1c(Cl)cccc1[N+](=O)[O-]. The first-order valence-electron chi connectivity index (χ1n) is 6.22. The van der Waals surface area contributed by atoms with Crippen molar-refractivity contribution in [2.75, 3.05) is 5.88 Å². The highest BCUT2D eigenvalue weighted by Crippen LogP contribution is 2.27. The maximum absolute atomic E-state index is 12.3. The van der Waals surface area contributed by atoms with Gasteiger partial charge in [0, 0.05) is 11.9 Å². The lowest BCUT2D eigenvalue weighted by molar-refractivity contribution is -0.385. The number of nitrogens with one attached hydrogen (secondary N) is 1. The number of hydrogen-bond acceptors (Lipinski definition) is 3. The van der Waals surface area contributed by atoms with Crippen molar-refractivity contribution < 1.29 is 9.72 Å². The van der Waals surface area contributed by atoms with Crippen molar-refractivity contribution in [2.24, 2.45) is 0 Å². The van der Waals surface area contributed by atoms with Gasteiger partial charge in [0.25, 0.3) is 11.6 Å². The number of amides is 1. The maximum Gasteiger partial charge on any atom is 0.283 e. The summed E-state index contributed by atoms with van der Waals surface area (Å²) in [5, 5.41) is 13.8. The highest BCUT2D eigenvalue weighted by Gasteiger charge is 2.31. The van der Waals surface area contributed by atoms with Gasteiger partial charge in [-0.25, -0.2) is 0 Å². The molecule has 20 heavy (non-hydrogen) atoms. The maximum atomic E-state index is 12.3. The molecule has 0 spiro atoms. The van der Waals surface area contributed by atoms with Crippen LogP contribution in [0, 0.1) is 10.1 Å². The van der Waals surface area contributed by atoms with E-state index in [1.165, 1.54) is 18.2 Å². The number of alkyl halides is 1. The third kappa shape index (κ3) is 3.41. The fourth-order valence-corrected chi connectivity index (χ4v) is 2.54. The fraction of sp³-hybridized carbons (Fsp3) is 0.462.